The molecule has 0 aliphatic heterocycles. The number of hydrogen-bond acceptors (Lipinski definition) is 7. The van der Waals surface area contributed by atoms with Crippen molar-refractivity contribution >= 4 is 22.1 Å². The molecule has 1 atom stereocenters. The van der Waals surface area contributed by atoms with Crippen LogP contribution in [0.1, 0.15) is 6.42 Å². The second-order valence-electron chi connectivity index (χ2n) is 8.70. The molecule has 0 radical (unpaired) electrons. The van der Waals surface area contributed by atoms with Gasteiger partial charge >= 0.3 is 113 Å². The fourth-order valence-electron chi connectivity index (χ4n) is 2.47. The van der Waals surface area contributed by atoms with E-state index in [-0.39, 0.29) is 29.6 Å². The fourth-order valence-corrected chi connectivity index (χ4v) is 3.09. The monoisotopic (exact) mass is 856 g/mol. The van der Waals surface area contributed by atoms with Crippen molar-refractivity contribution in [1.29, 1.82) is 0 Å². The molecule has 0 heterocycles. The molecule has 0 amide bonds. The quantitative estimate of drug-likeness (QED) is 0.113. The molecule has 0 aromatic rings. The average molecular weight is 856 g/mol. The van der Waals surface area contributed by atoms with E-state index in [1.807, 2.05) is 9.47 Å². The molecule has 0 fully saturated rings. The fraction of sp³-hybridized carbons (Fsp3) is 0.875. The SMILES string of the molecule is O=C(CC(C(=O)OC(F)(F)C(F)(F)C(F)(F)C(F)(F)C(F)(F)C(F)(F)F)S(=O)(=O)[O-])OC(F)(F)C(F)(F)C(F)(F)C(F)(F)C(F)(F)C(F)(F)F.[Na+]. The maximum atomic E-state index is 13.6. The minimum Gasteiger partial charge on any atom is -0.747 e. The second kappa shape index (κ2) is 13.7. The van der Waals surface area contributed by atoms with Crippen molar-refractivity contribution in [2.45, 2.75) is 83.6 Å². The van der Waals surface area contributed by atoms with Crippen molar-refractivity contribution < 1.29 is 176 Å². The van der Waals surface area contributed by atoms with E-state index in [4.69, 9.17) is 0 Å². The Kier molecular flexibility index (Phi) is 13.7. The zero-order valence-corrected chi connectivity index (χ0v) is 25.2. The van der Waals surface area contributed by atoms with Crippen LogP contribution >= 0.6 is 0 Å². The number of esters is 2. The first-order valence-corrected chi connectivity index (χ1v) is 11.9. The van der Waals surface area contributed by atoms with Gasteiger partial charge in [-0.05, 0) is 0 Å². The molecule has 0 aromatic carbocycles. The van der Waals surface area contributed by atoms with E-state index in [1.165, 1.54) is 0 Å². The van der Waals surface area contributed by atoms with E-state index in [0.29, 0.717) is 0 Å². The first-order chi connectivity index (χ1) is 21.1. The average Bonchev–Trinajstić information content (AvgIpc) is 2.83. The minimum absolute atomic E-state index is 0. The van der Waals surface area contributed by atoms with Crippen LogP contribution in [-0.4, -0.2) is 102 Å². The van der Waals surface area contributed by atoms with Gasteiger partial charge in [-0.2, -0.15) is 114 Å². The summed E-state index contributed by atoms with van der Waals surface area (Å²) in [5, 5.41) is -5.01. The van der Waals surface area contributed by atoms with Crippen LogP contribution in [0.5, 0.6) is 0 Å². The van der Waals surface area contributed by atoms with Crippen LogP contribution in [0, 0.1) is 0 Å². The molecular weight excluding hydrogens is 853 g/mol. The molecule has 0 rings (SSSR count). The van der Waals surface area contributed by atoms with Crippen LogP contribution < -0.4 is 29.6 Å². The number of carbonyl (C=O) groups excluding carboxylic acids is 2. The van der Waals surface area contributed by atoms with Crippen LogP contribution in [-0.2, 0) is 29.2 Å². The molecule has 51 heavy (non-hydrogen) atoms. The van der Waals surface area contributed by atoms with Crippen LogP contribution in [0.3, 0.4) is 0 Å². The topological polar surface area (TPSA) is 110 Å². The van der Waals surface area contributed by atoms with Crippen molar-refractivity contribution in [2.24, 2.45) is 0 Å². The molecule has 0 saturated carbocycles. The summed E-state index contributed by atoms with van der Waals surface area (Å²) in [6, 6.07) is 0. The van der Waals surface area contributed by atoms with E-state index in [1.54, 1.807) is 0 Å². The van der Waals surface area contributed by atoms with Crippen LogP contribution in [0.4, 0.5) is 114 Å². The molecule has 0 N–H and O–H groups in total. The van der Waals surface area contributed by atoms with E-state index in [9.17, 15) is 137 Å². The number of alkyl halides is 26. The number of halogens is 26. The number of ether oxygens (including phenoxy) is 2. The van der Waals surface area contributed by atoms with Gasteiger partial charge in [0.05, 0.1) is 6.42 Å². The Labute approximate surface area is 281 Å². The van der Waals surface area contributed by atoms with Crippen LogP contribution in [0.15, 0.2) is 0 Å². The van der Waals surface area contributed by atoms with Crippen molar-refractivity contribution in [3.63, 3.8) is 0 Å². The Balaban J connectivity index is 0. The summed E-state index contributed by atoms with van der Waals surface area (Å²) in [7, 11) is -7.39. The van der Waals surface area contributed by atoms with Gasteiger partial charge in [0.15, 0.2) is 5.25 Å². The van der Waals surface area contributed by atoms with Gasteiger partial charge in [0.25, 0.3) is 0 Å². The molecule has 0 spiro atoms. The number of carbonyl (C=O) groups is 2. The molecule has 0 aromatic heterocycles. The largest absolute Gasteiger partial charge is 1.00 e. The number of hydrogen-bond donors (Lipinski definition) is 0. The van der Waals surface area contributed by atoms with Gasteiger partial charge in [-0.25, -0.2) is 8.42 Å². The molecule has 0 saturated heterocycles. The summed E-state index contributed by atoms with van der Waals surface area (Å²) >= 11 is 0. The Hall–Kier alpha value is -1.97. The van der Waals surface area contributed by atoms with E-state index in [2.05, 4.69) is 0 Å². The second-order valence-corrected chi connectivity index (χ2v) is 10.3. The van der Waals surface area contributed by atoms with Gasteiger partial charge < -0.3 is 14.0 Å². The van der Waals surface area contributed by atoms with Gasteiger partial charge in [0.1, 0.15) is 10.1 Å². The predicted molar refractivity (Wildman–Crippen MR) is 91.9 cm³/mol. The Morgan fingerprint density at radius 2 is 0.686 bits per heavy atom. The predicted octanol–water partition coefficient (Wildman–Crippen LogP) is 3.77. The summed E-state index contributed by atoms with van der Waals surface area (Å²) in [5.74, 6) is -77.4. The maximum Gasteiger partial charge on any atom is 1.00 e. The standard InChI is InChI=1S/C16H4F26O7S.Na/c17-5(18,9(25,26)13(33,34)35)7(21,22)11(29,30)15(39,40)48-3(43)1-2(50(45,46)47)4(44)49-16(41,42)12(31,32)8(23,24)6(19,20)10(27,28)14(36,37)38;/h2H,1H2,(H,45,46,47);/q;+1/p-1. The van der Waals surface area contributed by atoms with Crippen LogP contribution in [0.25, 0.3) is 0 Å². The summed E-state index contributed by atoms with van der Waals surface area (Å²) < 4.78 is 375. The molecular formula is C16H3F26NaO7S. The Morgan fingerprint density at radius 1 is 0.451 bits per heavy atom. The van der Waals surface area contributed by atoms with E-state index >= 15 is 0 Å². The zero-order valence-electron chi connectivity index (χ0n) is 22.4. The molecule has 298 valence electrons. The maximum absolute atomic E-state index is 13.6. The van der Waals surface area contributed by atoms with Crippen LogP contribution in [0.2, 0.25) is 0 Å². The zero-order chi connectivity index (χ0) is 41.4. The molecule has 0 aliphatic carbocycles. The van der Waals surface area contributed by atoms with E-state index < -0.39 is 106 Å². The van der Waals surface area contributed by atoms with Gasteiger partial charge in [-0.15, -0.1) is 0 Å². The Morgan fingerprint density at radius 3 is 0.922 bits per heavy atom. The third-order valence-electron chi connectivity index (χ3n) is 5.24. The normalized spacial score (nSPS) is 16.3. The van der Waals surface area contributed by atoms with E-state index in [0.717, 1.165) is 0 Å². The first-order valence-electron chi connectivity index (χ1n) is 10.4. The summed E-state index contributed by atoms with van der Waals surface area (Å²) in [4.78, 5) is 22.8. The molecule has 0 bridgehead atoms. The van der Waals surface area contributed by atoms with Crippen molar-refractivity contribution in [3.8, 4) is 0 Å². The van der Waals surface area contributed by atoms with Gasteiger partial charge in [-0.3, -0.25) is 9.59 Å². The number of rotatable bonds is 14. The molecule has 1 unspecified atom stereocenters. The summed E-state index contributed by atoms with van der Waals surface area (Å²) in [6.45, 7) is 0. The van der Waals surface area contributed by atoms with Crippen molar-refractivity contribution in [3.05, 3.63) is 0 Å². The molecule has 0 aliphatic rings. The summed E-state index contributed by atoms with van der Waals surface area (Å²) in [5.41, 5.74) is 0. The first kappa shape index (κ1) is 51.1. The van der Waals surface area contributed by atoms with Gasteiger partial charge in [-0.1, -0.05) is 0 Å². The van der Waals surface area contributed by atoms with Gasteiger partial charge in [0.2, 0.25) is 0 Å². The molecule has 7 nitrogen and oxygen atoms in total. The van der Waals surface area contributed by atoms with Crippen molar-refractivity contribution in [2.75, 3.05) is 0 Å². The third kappa shape index (κ3) is 8.11. The summed E-state index contributed by atoms with van der Waals surface area (Å²) in [6.07, 6.45) is -35.8. The smallest absolute Gasteiger partial charge is 0.747 e. The Bertz CT molecular complexity index is 1400. The third-order valence-corrected chi connectivity index (χ3v) is 6.30. The van der Waals surface area contributed by atoms with Gasteiger partial charge in [0, 0.05) is 0 Å². The van der Waals surface area contributed by atoms with Crippen molar-refractivity contribution in [1.82, 2.24) is 0 Å². The minimum atomic E-state index is -8.81. The molecule has 35 heteroatoms.